The number of nitrogens with zero attached hydrogens (tertiary/aromatic N) is 2. The minimum absolute atomic E-state index is 0. The molecule has 3 heterocycles. The van der Waals surface area contributed by atoms with E-state index in [4.69, 9.17) is 4.42 Å². The fraction of sp³-hybridized carbons (Fsp3) is 0. The average Bonchev–Trinajstić information content (AvgIpc) is 3.23. The first-order chi connectivity index (χ1) is 11.2. The molecule has 24 heavy (non-hydrogen) atoms. The number of aromatic nitrogens is 2. The molecule has 4 rings (SSSR count). The van der Waals surface area contributed by atoms with Crippen LogP contribution in [0.25, 0.3) is 16.6 Å². The zero-order valence-electron chi connectivity index (χ0n) is 12.2. The van der Waals surface area contributed by atoms with Gasteiger partial charge >= 0.3 is 5.91 Å². The Balaban J connectivity index is 0.00000169. The molecule has 2 N–H and O–H groups in total. The van der Waals surface area contributed by atoms with Crippen molar-refractivity contribution in [3.63, 3.8) is 0 Å². The highest BCUT2D eigenvalue weighted by Gasteiger charge is 2.11. The summed E-state index contributed by atoms with van der Waals surface area (Å²) < 4.78 is 20.3. The van der Waals surface area contributed by atoms with Crippen LogP contribution >= 0.6 is 12.4 Å². The number of amides is 1. The number of furan rings is 1. The second-order valence-corrected chi connectivity index (χ2v) is 4.91. The van der Waals surface area contributed by atoms with Crippen molar-refractivity contribution in [1.29, 1.82) is 0 Å². The SMILES string of the molecule is Cl.O=C(NNc1nc2cc(F)ccc2n2cccc12)c1ccco1. The first-order valence-electron chi connectivity index (χ1n) is 6.88. The van der Waals surface area contributed by atoms with Crippen LogP contribution in [-0.4, -0.2) is 15.3 Å². The van der Waals surface area contributed by atoms with E-state index in [0.717, 1.165) is 11.0 Å². The van der Waals surface area contributed by atoms with Crippen LogP contribution < -0.4 is 10.9 Å². The molecule has 6 nitrogen and oxygen atoms in total. The van der Waals surface area contributed by atoms with Gasteiger partial charge in [0.2, 0.25) is 0 Å². The van der Waals surface area contributed by atoms with Crippen LogP contribution in [0.5, 0.6) is 0 Å². The Hall–Kier alpha value is -3.06. The fourth-order valence-corrected chi connectivity index (χ4v) is 2.43. The van der Waals surface area contributed by atoms with E-state index in [-0.39, 0.29) is 24.0 Å². The summed E-state index contributed by atoms with van der Waals surface area (Å²) in [6.45, 7) is 0. The summed E-state index contributed by atoms with van der Waals surface area (Å²) in [5.41, 5.74) is 7.27. The van der Waals surface area contributed by atoms with E-state index in [1.165, 1.54) is 18.4 Å². The molecule has 0 saturated heterocycles. The Bertz CT molecular complexity index is 1010. The summed E-state index contributed by atoms with van der Waals surface area (Å²) in [7, 11) is 0. The van der Waals surface area contributed by atoms with Crippen LogP contribution in [0, 0.1) is 5.82 Å². The summed E-state index contributed by atoms with van der Waals surface area (Å²) >= 11 is 0. The number of carbonyl (C=O) groups excluding carboxylic acids is 1. The summed E-state index contributed by atoms with van der Waals surface area (Å²) in [6.07, 6.45) is 3.26. The van der Waals surface area contributed by atoms with Crippen LogP contribution in [0.4, 0.5) is 10.2 Å². The Labute approximate surface area is 141 Å². The van der Waals surface area contributed by atoms with Gasteiger partial charge in [-0.2, -0.15) is 0 Å². The first kappa shape index (κ1) is 15.8. The highest BCUT2D eigenvalue weighted by atomic mass is 35.5. The van der Waals surface area contributed by atoms with Crippen molar-refractivity contribution >= 4 is 40.7 Å². The van der Waals surface area contributed by atoms with Crippen LogP contribution in [-0.2, 0) is 0 Å². The maximum atomic E-state index is 13.4. The zero-order chi connectivity index (χ0) is 15.8. The second-order valence-electron chi connectivity index (χ2n) is 4.91. The topological polar surface area (TPSA) is 71.6 Å². The molecule has 0 atom stereocenters. The van der Waals surface area contributed by atoms with Gasteiger partial charge in [-0.3, -0.25) is 15.6 Å². The summed E-state index contributed by atoms with van der Waals surface area (Å²) in [4.78, 5) is 16.3. The Morgan fingerprint density at radius 3 is 2.83 bits per heavy atom. The number of rotatable bonds is 3. The third-order valence-corrected chi connectivity index (χ3v) is 3.46. The van der Waals surface area contributed by atoms with E-state index in [0.29, 0.717) is 11.3 Å². The number of hydrogen-bond donors (Lipinski definition) is 2. The number of carbonyl (C=O) groups is 1. The smallest absolute Gasteiger partial charge is 0.305 e. The molecule has 0 aliphatic carbocycles. The lowest BCUT2D eigenvalue weighted by atomic mass is 10.3. The molecule has 0 spiro atoms. The maximum absolute atomic E-state index is 13.4. The average molecular weight is 347 g/mol. The first-order valence-corrected chi connectivity index (χ1v) is 6.88. The quantitative estimate of drug-likeness (QED) is 0.558. The minimum Gasteiger partial charge on any atom is -0.459 e. The zero-order valence-corrected chi connectivity index (χ0v) is 13.0. The van der Waals surface area contributed by atoms with Crippen molar-refractivity contribution in [1.82, 2.24) is 14.8 Å². The van der Waals surface area contributed by atoms with Gasteiger partial charge in [0.25, 0.3) is 0 Å². The lowest BCUT2D eigenvalue weighted by molar-refractivity contribution is 0.0935. The molecular formula is C16H12ClFN4O2. The van der Waals surface area contributed by atoms with E-state index >= 15 is 0 Å². The summed E-state index contributed by atoms with van der Waals surface area (Å²) in [6, 6.07) is 11.3. The van der Waals surface area contributed by atoms with Gasteiger partial charge in [0.1, 0.15) is 5.82 Å². The van der Waals surface area contributed by atoms with Crippen molar-refractivity contribution in [2.75, 3.05) is 5.43 Å². The van der Waals surface area contributed by atoms with Gasteiger partial charge in [0.15, 0.2) is 11.6 Å². The molecule has 3 aromatic heterocycles. The number of halogens is 2. The molecule has 0 aliphatic rings. The van der Waals surface area contributed by atoms with Gasteiger partial charge in [-0.05, 0) is 36.4 Å². The van der Waals surface area contributed by atoms with E-state index in [1.807, 2.05) is 22.7 Å². The standard InChI is InChI=1S/C16H11FN4O2.ClH/c17-10-5-6-12-11(9-10)18-15(13-3-1-7-21(12)13)19-20-16(22)14-4-2-8-23-14;/h1-9H,(H,18,19)(H,20,22);1H. The van der Waals surface area contributed by atoms with Gasteiger partial charge in [0, 0.05) is 12.3 Å². The summed E-state index contributed by atoms with van der Waals surface area (Å²) in [5.74, 6) is -0.216. The molecule has 1 amide bonds. The predicted octanol–water partition coefficient (Wildman–Crippen LogP) is 3.40. The van der Waals surface area contributed by atoms with Gasteiger partial charge in [-0.1, -0.05) is 0 Å². The van der Waals surface area contributed by atoms with Crippen molar-refractivity contribution in [2.24, 2.45) is 0 Å². The predicted molar refractivity (Wildman–Crippen MR) is 89.7 cm³/mol. The second kappa shape index (κ2) is 6.21. The largest absolute Gasteiger partial charge is 0.459 e. The Morgan fingerprint density at radius 1 is 1.17 bits per heavy atom. The van der Waals surface area contributed by atoms with Crippen molar-refractivity contribution < 1.29 is 13.6 Å². The molecule has 0 bridgehead atoms. The number of hydrogen-bond acceptors (Lipinski definition) is 4. The maximum Gasteiger partial charge on any atom is 0.305 e. The number of benzene rings is 1. The molecule has 0 fully saturated rings. The third-order valence-electron chi connectivity index (χ3n) is 3.46. The van der Waals surface area contributed by atoms with Crippen molar-refractivity contribution in [3.05, 3.63) is 66.5 Å². The highest BCUT2D eigenvalue weighted by molar-refractivity contribution is 5.93. The van der Waals surface area contributed by atoms with Crippen molar-refractivity contribution in [2.45, 2.75) is 0 Å². The normalized spacial score (nSPS) is 10.5. The number of anilines is 1. The highest BCUT2D eigenvalue weighted by Crippen LogP contribution is 2.22. The molecule has 1 aromatic carbocycles. The number of hydrazine groups is 1. The van der Waals surface area contributed by atoms with Gasteiger partial charge < -0.3 is 8.82 Å². The van der Waals surface area contributed by atoms with Gasteiger partial charge in [-0.15, -0.1) is 12.4 Å². The molecule has 122 valence electrons. The molecule has 4 aromatic rings. The number of nitrogens with one attached hydrogen (secondary N) is 2. The van der Waals surface area contributed by atoms with Crippen LogP contribution in [0.1, 0.15) is 10.6 Å². The lowest BCUT2D eigenvalue weighted by Gasteiger charge is -2.11. The van der Waals surface area contributed by atoms with Crippen LogP contribution in [0.2, 0.25) is 0 Å². The van der Waals surface area contributed by atoms with Gasteiger partial charge in [0.05, 0.1) is 22.8 Å². The molecule has 0 unspecified atom stereocenters. The van der Waals surface area contributed by atoms with Crippen molar-refractivity contribution in [3.8, 4) is 0 Å². The van der Waals surface area contributed by atoms with Crippen LogP contribution in [0.3, 0.4) is 0 Å². The van der Waals surface area contributed by atoms with E-state index in [9.17, 15) is 9.18 Å². The Morgan fingerprint density at radius 2 is 2.04 bits per heavy atom. The molecule has 0 radical (unpaired) electrons. The van der Waals surface area contributed by atoms with Gasteiger partial charge in [-0.25, -0.2) is 9.37 Å². The minimum atomic E-state index is -0.430. The van der Waals surface area contributed by atoms with E-state index in [2.05, 4.69) is 15.8 Å². The van der Waals surface area contributed by atoms with E-state index < -0.39 is 5.91 Å². The molecule has 0 aliphatic heterocycles. The van der Waals surface area contributed by atoms with E-state index in [1.54, 1.807) is 18.2 Å². The Kier molecular flexibility index (Phi) is 4.09. The van der Waals surface area contributed by atoms with Crippen LogP contribution in [0.15, 0.2) is 59.3 Å². The number of fused-ring (bicyclic) bond motifs is 3. The monoisotopic (exact) mass is 346 g/mol. The summed E-state index contributed by atoms with van der Waals surface area (Å²) in [5, 5.41) is 0. The third kappa shape index (κ3) is 2.65. The fourth-order valence-electron chi connectivity index (χ4n) is 2.43. The molecule has 0 saturated carbocycles. The molecular weight excluding hydrogens is 335 g/mol. The molecule has 8 heteroatoms. The lowest BCUT2D eigenvalue weighted by Crippen LogP contribution is -2.29.